The van der Waals surface area contributed by atoms with Crippen LogP contribution in [0.2, 0.25) is 0 Å². The van der Waals surface area contributed by atoms with Crippen molar-refractivity contribution in [2.75, 3.05) is 32.1 Å². The van der Waals surface area contributed by atoms with Crippen molar-refractivity contribution < 1.29 is 19.4 Å². The summed E-state index contributed by atoms with van der Waals surface area (Å²) >= 11 is 0. The zero-order valence-electron chi connectivity index (χ0n) is 22.4. The molecule has 0 bridgehead atoms. The maximum atomic E-state index is 13.6. The molecule has 2 aromatic carbocycles. The molecule has 0 spiro atoms. The van der Waals surface area contributed by atoms with Gasteiger partial charge in [0.2, 0.25) is 0 Å². The van der Waals surface area contributed by atoms with E-state index < -0.39 is 0 Å². The van der Waals surface area contributed by atoms with E-state index in [1.807, 2.05) is 14.0 Å². The molecule has 8 heteroatoms. The topological polar surface area (TPSA) is 95.0 Å². The van der Waals surface area contributed by atoms with Gasteiger partial charge in [0, 0.05) is 43.5 Å². The van der Waals surface area contributed by atoms with Gasteiger partial charge in [-0.25, -0.2) is 0 Å². The first kappa shape index (κ1) is 27.3. The van der Waals surface area contributed by atoms with E-state index in [1.165, 1.54) is 11.1 Å². The molecule has 38 heavy (non-hydrogen) atoms. The number of hydrogen-bond donors (Lipinski definition) is 2. The SMILES string of the molecule is Cc1ccc(CN(C)C[C@H]2Oc3c(NC(=O)c4ccncc4)cccc3C(=O)N([C@@H](C)CO)C[C@@H]2C)cc1. The number of nitrogens with zero attached hydrogens (tertiary/aromatic N) is 3. The number of carbonyl (C=O) groups is 2. The van der Waals surface area contributed by atoms with Crippen molar-refractivity contribution in [3.63, 3.8) is 0 Å². The van der Waals surface area contributed by atoms with Crippen LogP contribution in [0.25, 0.3) is 0 Å². The Kier molecular flexibility index (Phi) is 8.76. The van der Waals surface area contributed by atoms with E-state index in [2.05, 4.69) is 53.3 Å². The van der Waals surface area contributed by atoms with Gasteiger partial charge in [0.1, 0.15) is 6.10 Å². The number of aryl methyl sites for hydroxylation is 1. The van der Waals surface area contributed by atoms with Crippen LogP contribution >= 0.6 is 0 Å². The van der Waals surface area contributed by atoms with Gasteiger partial charge in [-0.3, -0.25) is 19.5 Å². The summed E-state index contributed by atoms with van der Waals surface area (Å²) in [5, 5.41) is 12.8. The highest BCUT2D eigenvalue weighted by Gasteiger charge is 2.34. The van der Waals surface area contributed by atoms with Crippen molar-refractivity contribution in [3.8, 4) is 5.75 Å². The van der Waals surface area contributed by atoms with Crippen molar-refractivity contribution in [1.29, 1.82) is 0 Å². The Hall–Kier alpha value is -3.75. The smallest absolute Gasteiger partial charge is 0.258 e. The van der Waals surface area contributed by atoms with Crippen LogP contribution in [0.3, 0.4) is 0 Å². The minimum atomic E-state index is -0.364. The number of ether oxygens (including phenoxy) is 1. The maximum absolute atomic E-state index is 13.6. The number of aromatic nitrogens is 1. The minimum absolute atomic E-state index is 0.0366. The predicted molar refractivity (Wildman–Crippen MR) is 147 cm³/mol. The number of hydrogen-bond acceptors (Lipinski definition) is 6. The standard InChI is InChI=1S/C30H36N4O4/c1-20-8-10-23(11-9-20)17-33(4)18-27-21(2)16-34(22(3)19-35)30(37)25-6-5-7-26(28(25)38-27)32-29(36)24-12-14-31-15-13-24/h5-15,21-22,27,35H,16-19H2,1-4H3,(H,32,36)/t21-,22-,27+/m0/s1. The third-order valence-corrected chi connectivity index (χ3v) is 6.95. The van der Waals surface area contributed by atoms with Crippen LogP contribution in [0, 0.1) is 12.8 Å². The van der Waals surface area contributed by atoms with Crippen LogP contribution in [-0.2, 0) is 6.54 Å². The van der Waals surface area contributed by atoms with Crippen LogP contribution in [0.15, 0.2) is 67.0 Å². The predicted octanol–water partition coefficient (Wildman–Crippen LogP) is 3.99. The molecule has 0 saturated heterocycles. The summed E-state index contributed by atoms with van der Waals surface area (Å²) < 4.78 is 6.60. The molecule has 1 aliphatic rings. The molecule has 4 rings (SSSR count). The molecule has 0 fully saturated rings. The Balaban J connectivity index is 1.66. The third kappa shape index (κ3) is 6.38. The van der Waals surface area contributed by atoms with Gasteiger partial charge in [-0.1, -0.05) is 42.8 Å². The van der Waals surface area contributed by atoms with E-state index in [0.717, 1.165) is 6.54 Å². The first-order valence-corrected chi connectivity index (χ1v) is 12.9. The van der Waals surface area contributed by atoms with Crippen LogP contribution < -0.4 is 10.1 Å². The van der Waals surface area contributed by atoms with Gasteiger partial charge in [0.25, 0.3) is 11.8 Å². The van der Waals surface area contributed by atoms with Gasteiger partial charge in [0.15, 0.2) is 5.75 Å². The van der Waals surface area contributed by atoms with Gasteiger partial charge in [-0.2, -0.15) is 0 Å². The summed E-state index contributed by atoms with van der Waals surface area (Å²) in [4.78, 5) is 34.5. The van der Waals surface area contributed by atoms with Gasteiger partial charge in [-0.05, 0) is 50.7 Å². The fourth-order valence-corrected chi connectivity index (χ4v) is 4.63. The second kappa shape index (κ2) is 12.2. The lowest BCUT2D eigenvalue weighted by Gasteiger charge is -2.38. The maximum Gasteiger partial charge on any atom is 0.258 e. The Labute approximate surface area is 224 Å². The van der Waals surface area contributed by atoms with Crippen molar-refractivity contribution in [1.82, 2.24) is 14.8 Å². The van der Waals surface area contributed by atoms with Crippen molar-refractivity contribution in [2.24, 2.45) is 5.92 Å². The summed E-state index contributed by atoms with van der Waals surface area (Å²) in [6.07, 6.45) is 2.84. The molecule has 3 atom stereocenters. The van der Waals surface area contributed by atoms with Gasteiger partial charge in [0.05, 0.1) is 23.9 Å². The van der Waals surface area contributed by atoms with E-state index >= 15 is 0 Å². The molecule has 200 valence electrons. The van der Waals surface area contributed by atoms with Crippen molar-refractivity contribution in [3.05, 3.63) is 89.2 Å². The highest BCUT2D eigenvalue weighted by molar-refractivity contribution is 6.07. The minimum Gasteiger partial charge on any atom is -0.486 e. The number of fused-ring (bicyclic) bond motifs is 1. The molecule has 8 nitrogen and oxygen atoms in total. The van der Waals surface area contributed by atoms with Gasteiger partial charge >= 0.3 is 0 Å². The van der Waals surface area contributed by atoms with Crippen LogP contribution in [-0.4, -0.2) is 70.6 Å². The Morgan fingerprint density at radius 1 is 1.18 bits per heavy atom. The van der Waals surface area contributed by atoms with Crippen molar-refractivity contribution >= 4 is 17.5 Å². The number of para-hydroxylation sites is 1. The van der Waals surface area contributed by atoms with E-state index in [9.17, 15) is 14.7 Å². The average molecular weight is 517 g/mol. The highest BCUT2D eigenvalue weighted by Crippen LogP contribution is 2.35. The number of nitrogens with one attached hydrogen (secondary N) is 1. The molecule has 2 heterocycles. The first-order valence-electron chi connectivity index (χ1n) is 12.9. The molecule has 0 saturated carbocycles. The van der Waals surface area contributed by atoms with Crippen molar-refractivity contribution in [2.45, 2.75) is 39.5 Å². The zero-order valence-corrected chi connectivity index (χ0v) is 22.4. The van der Waals surface area contributed by atoms with E-state index in [1.54, 1.807) is 47.6 Å². The second-order valence-electron chi connectivity index (χ2n) is 10.2. The number of carbonyl (C=O) groups excluding carboxylic acids is 2. The number of anilines is 1. The van der Waals surface area contributed by atoms with Gasteiger partial charge < -0.3 is 20.1 Å². The summed E-state index contributed by atoms with van der Waals surface area (Å²) in [6, 6.07) is 16.5. The molecule has 1 aromatic heterocycles. The monoisotopic (exact) mass is 516 g/mol. The normalized spacial score (nSPS) is 18.3. The van der Waals surface area contributed by atoms with Crippen LogP contribution in [0.1, 0.15) is 45.7 Å². The summed E-state index contributed by atoms with van der Waals surface area (Å²) in [7, 11) is 2.05. The quantitative estimate of drug-likeness (QED) is 0.470. The molecular formula is C30H36N4O4. The van der Waals surface area contributed by atoms with E-state index in [4.69, 9.17) is 4.74 Å². The van der Waals surface area contributed by atoms with Crippen LogP contribution in [0.5, 0.6) is 5.75 Å². The average Bonchev–Trinajstić information content (AvgIpc) is 2.92. The molecule has 0 unspecified atom stereocenters. The van der Waals surface area contributed by atoms with Gasteiger partial charge in [-0.15, -0.1) is 0 Å². The Bertz CT molecular complexity index is 1250. The molecule has 1 aliphatic heterocycles. The summed E-state index contributed by atoms with van der Waals surface area (Å²) in [5.41, 5.74) is 3.65. The number of benzene rings is 2. The zero-order chi connectivity index (χ0) is 27.2. The number of aliphatic hydroxyl groups is 1. The number of rotatable bonds is 8. The number of likely N-dealkylation sites (N-methyl/N-ethyl adjacent to an activating group) is 1. The molecule has 0 aliphatic carbocycles. The molecule has 0 radical (unpaired) electrons. The highest BCUT2D eigenvalue weighted by atomic mass is 16.5. The molecule has 3 aromatic rings. The lowest BCUT2D eigenvalue weighted by atomic mass is 9.98. The Morgan fingerprint density at radius 3 is 2.58 bits per heavy atom. The summed E-state index contributed by atoms with van der Waals surface area (Å²) in [6.45, 7) is 7.60. The van der Waals surface area contributed by atoms with Crippen LogP contribution in [0.4, 0.5) is 5.69 Å². The third-order valence-electron chi connectivity index (χ3n) is 6.95. The first-order chi connectivity index (χ1) is 18.3. The lowest BCUT2D eigenvalue weighted by molar-refractivity contribution is 0.0343. The summed E-state index contributed by atoms with van der Waals surface area (Å²) in [5.74, 6) is -0.249. The van der Waals surface area contributed by atoms with E-state index in [-0.39, 0.29) is 36.5 Å². The molecular weight excluding hydrogens is 480 g/mol. The number of pyridine rings is 1. The molecule has 2 amide bonds. The Morgan fingerprint density at radius 2 is 1.89 bits per heavy atom. The molecule has 2 N–H and O–H groups in total. The lowest BCUT2D eigenvalue weighted by Crippen LogP contribution is -2.49. The van der Waals surface area contributed by atoms with E-state index in [0.29, 0.717) is 35.7 Å². The fraction of sp³-hybridized carbons (Fsp3) is 0.367. The number of amides is 2. The fourth-order valence-electron chi connectivity index (χ4n) is 4.63. The largest absolute Gasteiger partial charge is 0.486 e. The second-order valence-corrected chi connectivity index (χ2v) is 10.2. The number of aliphatic hydroxyl groups excluding tert-OH is 1.